The largest absolute Gasteiger partial charge is 0.349 e. The SMILES string of the molecule is CC(NC(=O)C1(c2ccccc2)CCN(C(=O)c2ccc(-c3ccc(F)cc3)cc2)CC1)c1ccc(F)cc1. The number of benzene rings is 4. The maximum Gasteiger partial charge on any atom is 0.253 e. The van der Waals surface area contributed by atoms with Crippen LogP contribution in [0.25, 0.3) is 11.1 Å². The molecule has 0 aliphatic carbocycles. The minimum Gasteiger partial charge on any atom is -0.349 e. The average molecular weight is 525 g/mol. The summed E-state index contributed by atoms with van der Waals surface area (Å²) < 4.78 is 26.6. The molecule has 1 unspecified atom stereocenters. The standard InChI is InChI=1S/C33H30F2N2O2/c1-23(24-11-15-29(34)16-12-24)36-32(39)33(28-5-3-2-4-6-28)19-21-37(22-20-33)31(38)27-9-7-25(8-10-27)26-13-17-30(35)18-14-26/h2-18,23H,19-22H2,1H3,(H,36,39). The lowest BCUT2D eigenvalue weighted by Crippen LogP contribution is -2.53. The molecule has 2 amide bonds. The van der Waals surface area contributed by atoms with Gasteiger partial charge in [0.05, 0.1) is 11.5 Å². The van der Waals surface area contributed by atoms with Gasteiger partial charge in [0.15, 0.2) is 0 Å². The van der Waals surface area contributed by atoms with E-state index < -0.39 is 5.41 Å². The maximum absolute atomic E-state index is 13.8. The Kier molecular flexibility index (Phi) is 7.55. The van der Waals surface area contributed by atoms with Crippen LogP contribution in [0.5, 0.6) is 0 Å². The summed E-state index contributed by atoms with van der Waals surface area (Å²) in [7, 11) is 0. The lowest BCUT2D eigenvalue weighted by molar-refractivity contribution is -0.129. The van der Waals surface area contributed by atoms with Crippen LogP contribution in [0.2, 0.25) is 0 Å². The summed E-state index contributed by atoms with van der Waals surface area (Å²) in [6.45, 7) is 2.76. The zero-order chi connectivity index (χ0) is 27.4. The normalized spacial score (nSPS) is 15.4. The molecule has 1 aliphatic rings. The molecule has 1 heterocycles. The molecule has 0 bridgehead atoms. The highest BCUT2D eigenvalue weighted by atomic mass is 19.1. The molecule has 0 spiro atoms. The molecule has 0 saturated carbocycles. The van der Waals surface area contributed by atoms with Gasteiger partial charge in [-0.15, -0.1) is 0 Å². The van der Waals surface area contributed by atoms with Gasteiger partial charge in [-0.05, 0) is 78.4 Å². The molecule has 4 aromatic carbocycles. The Morgan fingerprint density at radius 1 is 0.744 bits per heavy atom. The van der Waals surface area contributed by atoms with Gasteiger partial charge in [-0.2, -0.15) is 0 Å². The zero-order valence-corrected chi connectivity index (χ0v) is 21.7. The van der Waals surface area contributed by atoms with E-state index in [1.54, 1.807) is 41.3 Å². The van der Waals surface area contributed by atoms with Crippen LogP contribution in [-0.2, 0) is 10.2 Å². The number of amides is 2. The second-order valence-corrected chi connectivity index (χ2v) is 10.1. The molecule has 39 heavy (non-hydrogen) atoms. The lowest BCUT2D eigenvalue weighted by Gasteiger charge is -2.41. The number of piperidine rings is 1. The van der Waals surface area contributed by atoms with E-state index in [1.165, 1.54) is 24.3 Å². The van der Waals surface area contributed by atoms with Crippen LogP contribution in [-0.4, -0.2) is 29.8 Å². The molecule has 4 aromatic rings. The van der Waals surface area contributed by atoms with Crippen molar-refractivity contribution in [2.45, 2.75) is 31.2 Å². The van der Waals surface area contributed by atoms with Gasteiger partial charge in [-0.3, -0.25) is 9.59 Å². The van der Waals surface area contributed by atoms with Crippen molar-refractivity contribution in [2.75, 3.05) is 13.1 Å². The minimum atomic E-state index is -0.779. The van der Waals surface area contributed by atoms with E-state index >= 15 is 0 Å². The highest BCUT2D eigenvalue weighted by Crippen LogP contribution is 2.37. The van der Waals surface area contributed by atoms with Gasteiger partial charge in [0.2, 0.25) is 5.91 Å². The van der Waals surface area contributed by atoms with E-state index in [0.29, 0.717) is 31.5 Å². The first-order valence-electron chi connectivity index (χ1n) is 13.1. The van der Waals surface area contributed by atoms with E-state index in [4.69, 9.17) is 0 Å². The first-order valence-corrected chi connectivity index (χ1v) is 13.1. The quantitative estimate of drug-likeness (QED) is 0.306. The average Bonchev–Trinajstić information content (AvgIpc) is 2.98. The molecule has 0 aromatic heterocycles. The molecule has 1 fully saturated rings. The van der Waals surface area contributed by atoms with Crippen molar-refractivity contribution >= 4 is 11.8 Å². The number of rotatable bonds is 6. The summed E-state index contributed by atoms with van der Waals surface area (Å²) in [5, 5.41) is 3.14. The van der Waals surface area contributed by atoms with Gasteiger partial charge in [0.1, 0.15) is 11.6 Å². The van der Waals surface area contributed by atoms with Gasteiger partial charge < -0.3 is 10.2 Å². The molecular weight excluding hydrogens is 494 g/mol. The smallest absolute Gasteiger partial charge is 0.253 e. The Hall–Kier alpha value is -4.32. The van der Waals surface area contributed by atoms with Gasteiger partial charge in [0.25, 0.3) is 5.91 Å². The molecule has 6 heteroatoms. The van der Waals surface area contributed by atoms with E-state index in [9.17, 15) is 18.4 Å². The van der Waals surface area contributed by atoms with E-state index in [1.807, 2.05) is 49.4 Å². The molecule has 5 rings (SSSR count). The van der Waals surface area contributed by atoms with Crippen molar-refractivity contribution in [2.24, 2.45) is 0 Å². The van der Waals surface area contributed by atoms with Gasteiger partial charge >= 0.3 is 0 Å². The third-order valence-corrected chi connectivity index (χ3v) is 7.69. The third kappa shape index (κ3) is 5.60. The van der Waals surface area contributed by atoms with Crippen LogP contribution in [0.1, 0.15) is 47.3 Å². The monoisotopic (exact) mass is 524 g/mol. The molecule has 1 N–H and O–H groups in total. The van der Waals surface area contributed by atoms with Crippen molar-refractivity contribution < 1.29 is 18.4 Å². The summed E-state index contributed by atoms with van der Waals surface area (Å²) in [5.41, 5.74) is 3.32. The number of nitrogens with one attached hydrogen (secondary N) is 1. The van der Waals surface area contributed by atoms with Crippen LogP contribution >= 0.6 is 0 Å². The fraction of sp³-hybridized carbons (Fsp3) is 0.212. The molecule has 1 aliphatic heterocycles. The topological polar surface area (TPSA) is 49.4 Å². The van der Waals surface area contributed by atoms with E-state index in [0.717, 1.165) is 22.3 Å². The second-order valence-electron chi connectivity index (χ2n) is 10.1. The Morgan fingerprint density at radius 3 is 1.82 bits per heavy atom. The summed E-state index contributed by atoms with van der Waals surface area (Å²) >= 11 is 0. The molecule has 1 atom stereocenters. The summed E-state index contributed by atoms with van der Waals surface area (Å²) in [6.07, 6.45) is 0.969. The van der Waals surface area contributed by atoms with Crippen molar-refractivity contribution in [3.8, 4) is 11.1 Å². The van der Waals surface area contributed by atoms with Crippen LogP contribution in [0.4, 0.5) is 8.78 Å². The maximum atomic E-state index is 13.8. The molecule has 4 nitrogen and oxygen atoms in total. The highest BCUT2D eigenvalue weighted by molar-refractivity contribution is 5.95. The summed E-state index contributed by atoms with van der Waals surface area (Å²) in [6, 6.07) is 29.1. The van der Waals surface area contributed by atoms with Gasteiger partial charge in [-0.1, -0.05) is 66.7 Å². The number of nitrogens with zero attached hydrogens (tertiary/aromatic N) is 1. The highest BCUT2D eigenvalue weighted by Gasteiger charge is 2.44. The number of carbonyl (C=O) groups is 2. The Labute approximate surface area is 227 Å². The first-order chi connectivity index (χ1) is 18.9. The number of likely N-dealkylation sites (tertiary alicyclic amines) is 1. The molecule has 1 saturated heterocycles. The molecular formula is C33H30F2N2O2. The fourth-order valence-electron chi connectivity index (χ4n) is 5.30. The second kappa shape index (κ2) is 11.2. The summed E-state index contributed by atoms with van der Waals surface area (Å²) in [5.74, 6) is -0.787. The Balaban J connectivity index is 1.31. The predicted molar refractivity (Wildman–Crippen MR) is 148 cm³/mol. The zero-order valence-electron chi connectivity index (χ0n) is 21.7. The van der Waals surface area contributed by atoms with Crippen molar-refractivity contribution in [1.82, 2.24) is 10.2 Å². The summed E-state index contributed by atoms with van der Waals surface area (Å²) in [4.78, 5) is 28.9. The van der Waals surface area contributed by atoms with E-state index in [2.05, 4.69) is 5.32 Å². The molecule has 198 valence electrons. The number of hydrogen-bond donors (Lipinski definition) is 1. The first kappa shape index (κ1) is 26.3. The number of halogens is 2. The van der Waals surface area contributed by atoms with Crippen LogP contribution < -0.4 is 5.32 Å². The van der Waals surface area contributed by atoms with Crippen LogP contribution in [0.3, 0.4) is 0 Å². The van der Waals surface area contributed by atoms with Crippen molar-refractivity contribution in [3.63, 3.8) is 0 Å². The van der Waals surface area contributed by atoms with Gasteiger partial charge in [0, 0.05) is 18.7 Å². The number of hydrogen-bond acceptors (Lipinski definition) is 2. The van der Waals surface area contributed by atoms with Crippen LogP contribution in [0.15, 0.2) is 103 Å². The van der Waals surface area contributed by atoms with Crippen molar-refractivity contribution in [3.05, 3.63) is 131 Å². The van der Waals surface area contributed by atoms with E-state index in [-0.39, 0.29) is 29.5 Å². The Morgan fingerprint density at radius 2 is 1.26 bits per heavy atom. The van der Waals surface area contributed by atoms with Crippen molar-refractivity contribution in [1.29, 1.82) is 0 Å². The van der Waals surface area contributed by atoms with Gasteiger partial charge in [-0.25, -0.2) is 8.78 Å². The number of carbonyl (C=O) groups excluding carboxylic acids is 2. The Bertz CT molecular complexity index is 1430. The minimum absolute atomic E-state index is 0.0811. The van der Waals surface area contributed by atoms with Crippen LogP contribution in [0, 0.1) is 11.6 Å². The lowest BCUT2D eigenvalue weighted by atomic mass is 9.71. The fourth-order valence-corrected chi connectivity index (χ4v) is 5.30. The molecule has 0 radical (unpaired) electrons. The predicted octanol–water partition coefficient (Wildman–Crippen LogP) is 6.68. The third-order valence-electron chi connectivity index (χ3n) is 7.69.